The number of ketones is 1. The van der Waals surface area contributed by atoms with Gasteiger partial charge in [-0.25, -0.2) is 13.6 Å². The Morgan fingerprint density at radius 1 is 1.06 bits per heavy atom. The minimum atomic E-state index is -2.99. The van der Waals surface area contributed by atoms with Crippen LogP contribution in [-0.4, -0.2) is 21.7 Å². The number of H-pyrrole nitrogens is 2. The number of Topliss-reactive ketones (excluding diaryl/α,β-unsaturated/α-hetero) is 1. The Balaban J connectivity index is 0.00000361. The molecule has 1 aliphatic rings. The highest BCUT2D eigenvalue weighted by Gasteiger charge is 2.51. The number of nitrogens with one attached hydrogen (secondary N) is 4. The molecule has 0 spiro atoms. The van der Waals surface area contributed by atoms with E-state index in [0.29, 0.717) is 24.2 Å². The number of aromatic amines is 2. The average molecular weight is 499 g/mol. The van der Waals surface area contributed by atoms with Gasteiger partial charge in [-0.15, -0.1) is 0 Å². The second kappa shape index (κ2) is 10.3. The summed E-state index contributed by atoms with van der Waals surface area (Å²) < 4.78 is 27.7. The summed E-state index contributed by atoms with van der Waals surface area (Å²) in [5, 5.41) is 5.82. The molecule has 1 aromatic heterocycles. The number of aromatic nitrogens is 2. The van der Waals surface area contributed by atoms with Gasteiger partial charge in [-0.3, -0.25) is 19.4 Å². The summed E-state index contributed by atoms with van der Waals surface area (Å²) in [5.74, 6) is -3.78. The van der Waals surface area contributed by atoms with Crippen molar-refractivity contribution in [2.45, 2.75) is 46.1 Å². The summed E-state index contributed by atoms with van der Waals surface area (Å²) in [7, 11) is 0. The number of carbonyl (C=O) groups is 2. The van der Waals surface area contributed by atoms with E-state index in [1.54, 1.807) is 42.5 Å². The van der Waals surface area contributed by atoms with Crippen molar-refractivity contribution in [2.75, 3.05) is 5.32 Å². The zero-order valence-electron chi connectivity index (χ0n) is 18.9. The number of rotatable bonds is 9. The summed E-state index contributed by atoms with van der Waals surface area (Å²) >= 11 is 0. The zero-order chi connectivity index (χ0) is 25.2. The molecule has 1 heterocycles. The van der Waals surface area contributed by atoms with Crippen LogP contribution < -0.4 is 21.9 Å². The van der Waals surface area contributed by atoms with E-state index >= 15 is 0 Å². The van der Waals surface area contributed by atoms with Gasteiger partial charge in [0.2, 0.25) is 5.91 Å². The van der Waals surface area contributed by atoms with Gasteiger partial charge in [0.1, 0.15) is 0 Å². The van der Waals surface area contributed by atoms with Crippen molar-refractivity contribution in [3.05, 3.63) is 92.3 Å². The third kappa shape index (κ3) is 5.94. The van der Waals surface area contributed by atoms with Crippen LogP contribution >= 0.6 is 0 Å². The molecule has 2 aromatic carbocycles. The molecule has 190 valence electrons. The fourth-order valence-electron chi connectivity index (χ4n) is 3.86. The molecule has 0 bridgehead atoms. The van der Waals surface area contributed by atoms with E-state index in [0.717, 1.165) is 18.7 Å². The molecule has 36 heavy (non-hydrogen) atoms. The number of carbonyl (C=O) groups excluding carboxylic acids is 2. The van der Waals surface area contributed by atoms with Crippen LogP contribution in [0.3, 0.4) is 0 Å². The first-order valence-corrected chi connectivity index (χ1v) is 11.0. The van der Waals surface area contributed by atoms with Crippen LogP contribution in [0.25, 0.3) is 0 Å². The number of halogens is 2. The molecule has 0 unspecified atom stereocenters. The molecule has 0 aliphatic heterocycles. The Labute approximate surface area is 206 Å². The molecule has 1 aliphatic carbocycles. The number of hydrogen-bond donors (Lipinski definition) is 4. The van der Waals surface area contributed by atoms with Gasteiger partial charge in [0.15, 0.2) is 5.78 Å². The van der Waals surface area contributed by atoms with E-state index < -0.39 is 28.4 Å². The van der Waals surface area contributed by atoms with Gasteiger partial charge < -0.3 is 15.6 Å². The smallest absolute Gasteiger partial charge is 0.325 e. The topological polar surface area (TPSA) is 124 Å². The number of amides is 1. The normalized spacial score (nSPS) is 13.9. The molecule has 3 aromatic rings. The van der Waals surface area contributed by atoms with Crippen LogP contribution in [-0.2, 0) is 17.3 Å². The van der Waals surface area contributed by atoms with Gasteiger partial charge in [-0.05, 0) is 36.6 Å². The molecule has 8 nitrogen and oxygen atoms in total. The van der Waals surface area contributed by atoms with Gasteiger partial charge in [0.05, 0.1) is 11.0 Å². The van der Waals surface area contributed by atoms with E-state index in [1.807, 2.05) is 4.98 Å². The van der Waals surface area contributed by atoms with Crippen molar-refractivity contribution in [3.8, 4) is 0 Å². The predicted octanol–water partition coefficient (Wildman–Crippen LogP) is 4.22. The van der Waals surface area contributed by atoms with Crippen molar-refractivity contribution < 1.29 is 18.4 Å². The summed E-state index contributed by atoms with van der Waals surface area (Å²) in [5.41, 5.74) is -0.935. The third-order valence-corrected chi connectivity index (χ3v) is 6.04. The maximum atomic E-state index is 13.8. The summed E-state index contributed by atoms with van der Waals surface area (Å²) in [6.07, 6.45) is 1.98. The molecular formula is C26H28F2N4O4. The molecule has 1 saturated carbocycles. The average Bonchev–Trinajstić information content (AvgIpc) is 3.58. The monoisotopic (exact) mass is 498 g/mol. The van der Waals surface area contributed by atoms with Crippen LogP contribution in [0.4, 0.5) is 20.2 Å². The van der Waals surface area contributed by atoms with E-state index in [-0.39, 0.29) is 37.4 Å². The highest BCUT2D eigenvalue weighted by atomic mass is 19.3. The highest BCUT2D eigenvalue weighted by Crippen LogP contribution is 2.49. The first-order valence-electron chi connectivity index (χ1n) is 11.0. The quantitative estimate of drug-likeness (QED) is 0.329. The third-order valence-electron chi connectivity index (χ3n) is 6.04. The number of benzene rings is 2. The SMILES string of the molecule is C.CC(F)(F)c1ccccc1Nc1ccc(CNC(=O)C2(CC(=O)c3c[nH]c(=O)[nH]c3=O)CC2)cc1. The fraction of sp³-hybridized carbons (Fsp3) is 0.308. The standard InChI is InChI=1S/C25H24F2N4O4.CH4/c1-24(26,27)18-4-2-3-5-19(18)30-16-8-6-15(7-9-16)13-28-22(34)25(10-11-25)12-20(32)17-14-29-23(35)31-21(17)33;/h2-9,14,30H,10-13H2,1H3,(H,28,34)(H2,29,31,33,35);1H4. The second-order valence-electron chi connectivity index (χ2n) is 8.80. The van der Waals surface area contributed by atoms with Crippen LogP contribution in [0.1, 0.15) is 55.1 Å². The lowest BCUT2D eigenvalue weighted by Gasteiger charge is -2.17. The summed E-state index contributed by atoms with van der Waals surface area (Å²) in [6, 6.07) is 13.2. The Hall–Kier alpha value is -4.08. The van der Waals surface area contributed by atoms with Crippen molar-refractivity contribution in [1.29, 1.82) is 0 Å². The van der Waals surface area contributed by atoms with Crippen LogP contribution in [0.5, 0.6) is 0 Å². The number of para-hydroxylation sites is 1. The maximum absolute atomic E-state index is 13.8. The van der Waals surface area contributed by atoms with Gasteiger partial charge in [0, 0.05) is 43.0 Å². The van der Waals surface area contributed by atoms with Crippen LogP contribution in [0.15, 0.2) is 64.3 Å². The Bertz CT molecular complexity index is 1370. The second-order valence-corrected chi connectivity index (χ2v) is 8.80. The molecule has 4 N–H and O–H groups in total. The fourth-order valence-corrected chi connectivity index (χ4v) is 3.86. The number of anilines is 2. The molecule has 0 saturated heterocycles. The van der Waals surface area contributed by atoms with E-state index in [2.05, 4.69) is 15.6 Å². The molecule has 4 rings (SSSR count). The van der Waals surface area contributed by atoms with Crippen molar-refractivity contribution in [2.24, 2.45) is 5.41 Å². The van der Waals surface area contributed by atoms with Crippen LogP contribution in [0.2, 0.25) is 0 Å². The van der Waals surface area contributed by atoms with Crippen molar-refractivity contribution in [1.82, 2.24) is 15.3 Å². The van der Waals surface area contributed by atoms with E-state index in [9.17, 15) is 28.0 Å². The van der Waals surface area contributed by atoms with Crippen molar-refractivity contribution >= 4 is 23.1 Å². The minimum absolute atomic E-state index is 0. The predicted molar refractivity (Wildman–Crippen MR) is 133 cm³/mol. The van der Waals surface area contributed by atoms with Crippen LogP contribution in [0, 0.1) is 5.41 Å². The van der Waals surface area contributed by atoms with E-state index in [1.165, 1.54) is 6.07 Å². The Morgan fingerprint density at radius 3 is 2.33 bits per heavy atom. The number of alkyl halides is 2. The zero-order valence-corrected chi connectivity index (χ0v) is 18.9. The Kier molecular flexibility index (Phi) is 7.57. The molecule has 0 atom stereocenters. The highest BCUT2D eigenvalue weighted by molar-refractivity contribution is 6.00. The number of hydrogen-bond acceptors (Lipinski definition) is 5. The molecule has 10 heteroatoms. The van der Waals surface area contributed by atoms with Gasteiger partial charge in [0.25, 0.3) is 11.5 Å². The van der Waals surface area contributed by atoms with Gasteiger partial charge >= 0.3 is 5.69 Å². The first kappa shape index (κ1) is 26.5. The largest absolute Gasteiger partial charge is 0.355 e. The first-order chi connectivity index (χ1) is 16.6. The minimum Gasteiger partial charge on any atom is -0.355 e. The van der Waals surface area contributed by atoms with E-state index in [4.69, 9.17) is 0 Å². The lowest BCUT2D eigenvalue weighted by atomic mass is 9.95. The lowest BCUT2D eigenvalue weighted by Crippen LogP contribution is -2.34. The summed E-state index contributed by atoms with van der Waals surface area (Å²) in [4.78, 5) is 52.5. The molecule has 1 amide bonds. The maximum Gasteiger partial charge on any atom is 0.325 e. The Morgan fingerprint density at radius 2 is 1.72 bits per heavy atom. The molecule has 0 radical (unpaired) electrons. The molecule has 1 fully saturated rings. The summed E-state index contributed by atoms with van der Waals surface area (Å²) in [6.45, 7) is 1.07. The van der Waals surface area contributed by atoms with Gasteiger partial charge in [-0.2, -0.15) is 0 Å². The van der Waals surface area contributed by atoms with Gasteiger partial charge in [-0.1, -0.05) is 37.8 Å². The van der Waals surface area contributed by atoms with Crippen molar-refractivity contribution in [3.63, 3.8) is 0 Å². The molecular weight excluding hydrogens is 470 g/mol. The lowest BCUT2D eigenvalue weighted by molar-refractivity contribution is -0.126.